The van der Waals surface area contributed by atoms with Gasteiger partial charge in [0.05, 0.1) is 6.54 Å². The minimum absolute atomic E-state index is 0.152. The maximum absolute atomic E-state index is 12.1. The third kappa shape index (κ3) is 2.77. The van der Waals surface area contributed by atoms with Gasteiger partial charge in [0.25, 0.3) is 5.56 Å². The minimum atomic E-state index is -1.25. The number of carbonyl (C=O) groups is 1. The smallest absolute Gasteiger partial charge is 0.341 e. The summed E-state index contributed by atoms with van der Waals surface area (Å²) in [6.45, 7) is 2.16. The van der Waals surface area contributed by atoms with Gasteiger partial charge in [-0.1, -0.05) is 5.16 Å². The SMILES string of the molecule is COCc1cc(Cn2c(C)ccc(C(=O)O)c2=O)no1. The van der Waals surface area contributed by atoms with Crippen molar-refractivity contribution >= 4 is 5.97 Å². The van der Waals surface area contributed by atoms with Crippen LogP contribution in [-0.2, 0) is 17.9 Å². The molecule has 0 aromatic carbocycles. The number of ether oxygens (including phenoxy) is 1. The molecule has 7 nitrogen and oxygen atoms in total. The van der Waals surface area contributed by atoms with Crippen LogP contribution in [0, 0.1) is 6.92 Å². The van der Waals surface area contributed by atoms with E-state index in [2.05, 4.69) is 5.16 Å². The molecule has 0 amide bonds. The Morgan fingerprint density at radius 1 is 1.50 bits per heavy atom. The van der Waals surface area contributed by atoms with Crippen LogP contribution in [0.1, 0.15) is 27.5 Å². The summed E-state index contributed by atoms with van der Waals surface area (Å²) in [5.74, 6) is -0.702. The number of carboxylic acid groups (broad SMARTS) is 1. The second kappa shape index (κ2) is 5.70. The molecule has 2 aromatic heterocycles. The Kier molecular flexibility index (Phi) is 3.99. The van der Waals surface area contributed by atoms with Crippen LogP contribution < -0.4 is 5.56 Å². The molecular formula is C13H14N2O5. The lowest BCUT2D eigenvalue weighted by molar-refractivity contribution is 0.0694. The largest absolute Gasteiger partial charge is 0.477 e. The number of pyridine rings is 1. The molecule has 2 heterocycles. The van der Waals surface area contributed by atoms with Crippen LogP contribution >= 0.6 is 0 Å². The molecule has 0 aliphatic heterocycles. The van der Waals surface area contributed by atoms with Crippen molar-refractivity contribution in [3.05, 3.63) is 51.3 Å². The molecule has 0 unspecified atom stereocenters. The van der Waals surface area contributed by atoms with E-state index in [1.165, 1.54) is 17.7 Å². The molecule has 0 radical (unpaired) electrons. The van der Waals surface area contributed by atoms with Crippen LogP contribution in [0.2, 0.25) is 0 Å². The molecule has 7 heteroatoms. The van der Waals surface area contributed by atoms with Crippen LogP contribution in [0.4, 0.5) is 0 Å². The van der Waals surface area contributed by atoms with Crippen molar-refractivity contribution in [3.8, 4) is 0 Å². The number of methoxy groups -OCH3 is 1. The molecule has 0 aliphatic carbocycles. The number of aryl methyl sites for hydroxylation is 1. The molecule has 2 rings (SSSR count). The van der Waals surface area contributed by atoms with Gasteiger partial charge in [-0.25, -0.2) is 4.79 Å². The summed E-state index contributed by atoms with van der Waals surface area (Å²) < 4.78 is 11.3. The van der Waals surface area contributed by atoms with E-state index < -0.39 is 11.5 Å². The summed E-state index contributed by atoms with van der Waals surface area (Å²) >= 11 is 0. The van der Waals surface area contributed by atoms with Gasteiger partial charge in [-0.05, 0) is 19.1 Å². The quantitative estimate of drug-likeness (QED) is 0.878. The number of hydrogen-bond acceptors (Lipinski definition) is 5. The number of aromatic nitrogens is 2. The normalized spacial score (nSPS) is 10.7. The molecule has 0 spiro atoms. The van der Waals surface area contributed by atoms with Gasteiger partial charge in [-0.15, -0.1) is 0 Å². The van der Waals surface area contributed by atoms with Crippen molar-refractivity contribution in [1.29, 1.82) is 0 Å². The van der Waals surface area contributed by atoms with Crippen LogP contribution in [0.15, 0.2) is 27.5 Å². The standard InChI is InChI=1S/C13H14N2O5/c1-8-3-4-11(13(17)18)12(16)15(8)6-9-5-10(7-19-2)20-14-9/h3-5H,6-7H2,1-2H3,(H,17,18). The Hall–Kier alpha value is -2.41. The Bertz CT molecular complexity index is 686. The van der Waals surface area contributed by atoms with E-state index in [1.54, 1.807) is 19.1 Å². The first-order chi connectivity index (χ1) is 9.52. The number of carboxylic acids is 1. The van der Waals surface area contributed by atoms with Crippen LogP contribution in [0.3, 0.4) is 0 Å². The van der Waals surface area contributed by atoms with Gasteiger partial charge in [0.15, 0.2) is 5.76 Å². The number of rotatable bonds is 5. The predicted octanol–water partition coefficient (Wildman–Crippen LogP) is 1.04. The predicted molar refractivity (Wildman–Crippen MR) is 68.7 cm³/mol. The number of hydrogen-bond donors (Lipinski definition) is 1. The van der Waals surface area contributed by atoms with Gasteiger partial charge in [0.1, 0.15) is 17.9 Å². The zero-order chi connectivity index (χ0) is 14.7. The van der Waals surface area contributed by atoms with E-state index in [0.29, 0.717) is 17.1 Å². The van der Waals surface area contributed by atoms with Crippen molar-refractivity contribution < 1.29 is 19.2 Å². The lowest BCUT2D eigenvalue weighted by Crippen LogP contribution is -2.28. The van der Waals surface area contributed by atoms with Gasteiger partial charge in [0.2, 0.25) is 0 Å². The highest BCUT2D eigenvalue weighted by Gasteiger charge is 2.14. The molecule has 0 saturated heterocycles. The Labute approximate surface area is 114 Å². The summed E-state index contributed by atoms with van der Waals surface area (Å²) in [5, 5.41) is 12.8. The molecule has 0 fully saturated rings. The lowest BCUT2D eigenvalue weighted by atomic mass is 10.2. The maximum Gasteiger partial charge on any atom is 0.341 e. The minimum Gasteiger partial charge on any atom is -0.477 e. The maximum atomic E-state index is 12.1. The van der Waals surface area contributed by atoms with E-state index in [-0.39, 0.29) is 18.7 Å². The monoisotopic (exact) mass is 278 g/mol. The van der Waals surface area contributed by atoms with Gasteiger partial charge >= 0.3 is 5.97 Å². The third-order valence-electron chi connectivity index (χ3n) is 2.84. The van der Waals surface area contributed by atoms with E-state index in [1.807, 2.05) is 0 Å². The molecule has 0 aliphatic rings. The van der Waals surface area contributed by atoms with Crippen molar-refractivity contribution in [2.75, 3.05) is 7.11 Å². The first-order valence-corrected chi connectivity index (χ1v) is 5.90. The van der Waals surface area contributed by atoms with Gasteiger partial charge < -0.3 is 18.9 Å². The van der Waals surface area contributed by atoms with Crippen molar-refractivity contribution in [2.45, 2.75) is 20.1 Å². The first kappa shape index (κ1) is 14.0. The molecule has 0 atom stereocenters. The van der Waals surface area contributed by atoms with Crippen molar-refractivity contribution in [3.63, 3.8) is 0 Å². The van der Waals surface area contributed by atoms with Crippen LogP contribution in [0.5, 0.6) is 0 Å². The molecule has 20 heavy (non-hydrogen) atoms. The zero-order valence-electron chi connectivity index (χ0n) is 11.1. The summed E-state index contributed by atoms with van der Waals surface area (Å²) in [6, 6.07) is 4.56. The fraction of sp³-hybridized carbons (Fsp3) is 0.308. The molecule has 0 saturated carbocycles. The third-order valence-corrected chi connectivity index (χ3v) is 2.84. The highest BCUT2D eigenvalue weighted by Crippen LogP contribution is 2.08. The first-order valence-electron chi connectivity index (χ1n) is 5.90. The molecule has 1 N–H and O–H groups in total. The highest BCUT2D eigenvalue weighted by atomic mass is 16.5. The average molecular weight is 278 g/mol. The Balaban J connectivity index is 2.35. The molecular weight excluding hydrogens is 264 g/mol. The van der Waals surface area contributed by atoms with Crippen LogP contribution in [-0.4, -0.2) is 27.9 Å². The Morgan fingerprint density at radius 3 is 2.90 bits per heavy atom. The topological polar surface area (TPSA) is 94.6 Å². The van der Waals surface area contributed by atoms with Crippen LogP contribution in [0.25, 0.3) is 0 Å². The highest BCUT2D eigenvalue weighted by molar-refractivity contribution is 5.87. The van der Waals surface area contributed by atoms with E-state index >= 15 is 0 Å². The van der Waals surface area contributed by atoms with Crippen molar-refractivity contribution in [1.82, 2.24) is 9.72 Å². The van der Waals surface area contributed by atoms with E-state index in [4.69, 9.17) is 14.4 Å². The average Bonchev–Trinajstić information content (AvgIpc) is 2.82. The summed E-state index contributed by atoms with van der Waals surface area (Å²) in [6.07, 6.45) is 0. The number of nitrogens with zero attached hydrogens (tertiary/aromatic N) is 2. The molecule has 106 valence electrons. The summed E-state index contributed by atoms with van der Waals surface area (Å²) in [7, 11) is 1.53. The zero-order valence-corrected chi connectivity index (χ0v) is 11.1. The van der Waals surface area contributed by atoms with Gasteiger partial charge in [0, 0.05) is 18.9 Å². The molecule has 2 aromatic rings. The summed E-state index contributed by atoms with van der Waals surface area (Å²) in [4.78, 5) is 23.0. The second-order valence-corrected chi connectivity index (χ2v) is 4.30. The fourth-order valence-electron chi connectivity index (χ4n) is 1.83. The fourth-order valence-corrected chi connectivity index (χ4v) is 1.83. The second-order valence-electron chi connectivity index (χ2n) is 4.30. The lowest BCUT2D eigenvalue weighted by Gasteiger charge is -2.08. The van der Waals surface area contributed by atoms with Gasteiger partial charge in [-0.3, -0.25) is 4.79 Å². The van der Waals surface area contributed by atoms with E-state index in [9.17, 15) is 9.59 Å². The summed E-state index contributed by atoms with van der Waals surface area (Å²) in [5.41, 5.74) is 0.353. The van der Waals surface area contributed by atoms with E-state index in [0.717, 1.165) is 0 Å². The van der Waals surface area contributed by atoms with Gasteiger partial charge in [-0.2, -0.15) is 0 Å². The Morgan fingerprint density at radius 2 is 2.25 bits per heavy atom. The molecule has 0 bridgehead atoms. The van der Waals surface area contributed by atoms with Crippen molar-refractivity contribution in [2.24, 2.45) is 0 Å². The number of aromatic carboxylic acids is 1.